The topological polar surface area (TPSA) is 62.4 Å². The summed E-state index contributed by atoms with van der Waals surface area (Å²) in [6, 6.07) is 11.4. The molecule has 0 aliphatic carbocycles. The zero-order valence-electron chi connectivity index (χ0n) is 12.1. The van der Waals surface area contributed by atoms with Crippen LogP contribution >= 0.6 is 0 Å². The summed E-state index contributed by atoms with van der Waals surface area (Å²) in [5, 5.41) is 16.2. The van der Waals surface area contributed by atoms with Crippen LogP contribution in [0.25, 0.3) is 22.2 Å². The summed E-state index contributed by atoms with van der Waals surface area (Å²) in [6.45, 7) is 5.68. The van der Waals surface area contributed by atoms with Gasteiger partial charge in [-0.2, -0.15) is 4.98 Å². The number of anilines is 1. The lowest BCUT2D eigenvalue weighted by atomic mass is 10.1. The minimum absolute atomic E-state index is 0.169. The van der Waals surface area contributed by atoms with Gasteiger partial charge in [0, 0.05) is 18.5 Å². The second kappa shape index (κ2) is 5.44. The fourth-order valence-electron chi connectivity index (χ4n) is 2.39. The fraction of sp³-hybridized carbons (Fsp3) is 0.250. The lowest BCUT2D eigenvalue weighted by Gasteiger charge is -2.14. The molecule has 1 heterocycles. The number of hydrogen-bond acceptors (Lipinski definition) is 5. The third-order valence-electron chi connectivity index (χ3n) is 3.59. The molecule has 1 N–H and O–H groups in total. The zero-order chi connectivity index (χ0) is 14.8. The molecule has 0 radical (unpaired) electrons. The molecule has 0 spiro atoms. The van der Waals surface area contributed by atoms with Gasteiger partial charge in [0.05, 0.1) is 5.56 Å². The Bertz CT molecular complexity index is 763. The highest BCUT2D eigenvalue weighted by atomic mass is 16.5. The normalized spacial score (nSPS) is 11.0. The van der Waals surface area contributed by atoms with Crippen molar-refractivity contribution < 1.29 is 9.63 Å². The van der Waals surface area contributed by atoms with Crippen LogP contribution in [0.15, 0.2) is 40.9 Å². The Kier molecular flexibility index (Phi) is 3.48. The zero-order valence-corrected chi connectivity index (χ0v) is 12.1. The van der Waals surface area contributed by atoms with Gasteiger partial charge in [-0.05, 0) is 30.5 Å². The molecule has 0 bridgehead atoms. The Morgan fingerprint density at radius 2 is 1.86 bits per heavy atom. The number of nitrogens with zero attached hydrogens (tertiary/aromatic N) is 3. The van der Waals surface area contributed by atoms with Crippen molar-refractivity contribution in [3.8, 4) is 17.2 Å². The van der Waals surface area contributed by atoms with Crippen molar-refractivity contribution in [3.05, 3.63) is 36.4 Å². The molecule has 0 amide bonds. The average Bonchev–Trinajstić information content (AvgIpc) is 2.99. The molecular formula is C16H17N3O2. The molecule has 3 aromatic rings. The van der Waals surface area contributed by atoms with Gasteiger partial charge in [-0.25, -0.2) is 0 Å². The van der Waals surface area contributed by atoms with Crippen LogP contribution < -0.4 is 4.90 Å². The molecule has 2 aromatic carbocycles. The molecule has 5 heteroatoms. The Morgan fingerprint density at radius 3 is 2.62 bits per heavy atom. The van der Waals surface area contributed by atoms with Crippen molar-refractivity contribution >= 4 is 16.7 Å². The van der Waals surface area contributed by atoms with E-state index in [0.29, 0.717) is 17.4 Å². The van der Waals surface area contributed by atoms with Crippen molar-refractivity contribution in [3.63, 3.8) is 0 Å². The SMILES string of the molecule is CCN(CC)c1noc(-c2ccc3ccccc3c2O)n1. The second-order valence-electron chi connectivity index (χ2n) is 4.75. The van der Waals surface area contributed by atoms with Crippen molar-refractivity contribution in [2.75, 3.05) is 18.0 Å². The molecule has 0 saturated heterocycles. The number of aromatic hydroxyl groups is 1. The molecule has 0 unspecified atom stereocenters. The molecule has 108 valence electrons. The predicted octanol–water partition coefficient (Wildman–Crippen LogP) is 3.44. The highest BCUT2D eigenvalue weighted by Crippen LogP contribution is 2.35. The molecule has 0 atom stereocenters. The van der Waals surface area contributed by atoms with Crippen LogP contribution in [0.4, 0.5) is 5.95 Å². The summed E-state index contributed by atoms with van der Waals surface area (Å²) >= 11 is 0. The van der Waals surface area contributed by atoms with Gasteiger partial charge in [-0.1, -0.05) is 30.3 Å². The van der Waals surface area contributed by atoms with E-state index in [1.54, 1.807) is 6.07 Å². The van der Waals surface area contributed by atoms with E-state index in [1.165, 1.54) is 0 Å². The summed E-state index contributed by atoms with van der Waals surface area (Å²) in [4.78, 5) is 6.37. The van der Waals surface area contributed by atoms with Crippen LogP contribution in [-0.4, -0.2) is 28.3 Å². The Morgan fingerprint density at radius 1 is 1.10 bits per heavy atom. The number of fused-ring (bicyclic) bond motifs is 1. The van der Waals surface area contributed by atoms with E-state index in [-0.39, 0.29) is 5.75 Å². The van der Waals surface area contributed by atoms with Crippen molar-refractivity contribution in [2.24, 2.45) is 0 Å². The number of phenols is 1. The van der Waals surface area contributed by atoms with Gasteiger partial charge in [0.1, 0.15) is 5.75 Å². The maximum Gasteiger partial charge on any atom is 0.266 e. The number of hydrogen-bond donors (Lipinski definition) is 1. The fourth-order valence-corrected chi connectivity index (χ4v) is 2.39. The molecule has 21 heavy (non-hydrogen) atoms. The molecule has 0 saturated carbocycles. The molecule has 3 rings (SSSR count). The van der Waals surface area contributed by atoms with Crippen LogP contribution in [0.2, 0.25) is 0 Å². The van der Waals surface area contributed by atoms with Crippen molar-refractivity contribution in [1.82, 2.24) is 10.1 Å². The minimum Gasteiger partial charge on any atom is -0.506 e. The van der Waals surface area contributed by atoms with E-state index in [9.17, 15) is 5.11 Å². The van der Waals surface area contributed by atoms with E-state index in [2.05, 4.69) is 10.1 Å². The smallest absolute Gasteiger partial charge is 0.266 e. The van der Waals surface area contributed by atoms with Gasteiger partial charge >= 0.3 is 0 Å². The third kappa shape index (κ3) is 2.31. The second-order valence-corrected chi connectivity index (χ2v) is 4.75. The summed E-state index contributed by atoms with van der Waals surface area (Å²) in [6.07, 6.45) is 0. The van der Waals surface area contributed by atoms with E-state index in [4.69, 9.17) is 4.52 Å². The quantitative estimate of drug-likeness (QED) is 0.794. The Hall–Kier alpha value is -2.56. The third-order valence-corrected chi connectivity index (χ3v) is 3.59. The van der Waals surface area contributed by atoms with Gasteiger partial charge in [-0.3, -0.25) is 0 Å². The average molecular weight is 283 g/mol. The molecule has 5 nitrogen and oxygen atoms in total. The Labute approximate surface area is 122 Å². The summed E-state index contributed by atoms with van der Waals surface area (Å²) < 4.78 is 5.30. The lowest BCUT2D eigenvalue weighted by Crippen LogP contribution is -2.22. The van der Waals surface area contributed by atoms with E-state index >= 15 is 0 Å². The first-order valence-corrected chi connectivity index (χ1v) is 7.04. The van der Waals surface area contributed by atoms with E-state index < -0.39 is 0 Å². The van der Waals surface area contributed by atoms with Crippen LogP contribution in [0, 0.1) is 0 Å². The number of phenolic OH excluding ortho intramolecular Hbond substituents is 1. The Balaban J connectivity index is 2.07. The van der Waals surface area contributed by atoms with Crippen molar-refractivity contribution in [1.29, 1.82) is 0 Å². The maximum absolute atomic E-state index is 10.4. The summed E-state index contributed by atoms with van der Waals surface area (Å²) in [5.74, 6) is 1.05. The standard InChI is InChI=1S/C16H17N3O2/c1-3-19(4-2)16-17-15(21-18-16)13-10-9-11-7-5-6-8-12(11)14(13)20/h5-10,20H,3-4H2,1-2H3. The van der Waals surface area contributed by atoms with Gasteiger partial charge in [-0.15, -0.1) is 0 Å². The summed E-state index contributed by atoms with van der Waals surface area (Å²) in [5.41, 5.74) is 0.555. The van der Waals surface area contributed by atoms with Gasteiger partial charge < -0.3 is 14.5 Å². The molecule has 1 aromatic heterocycles. The summed E-state index contributed by atoms with van der Waals surface area (Å²) in [7, 11) is 0. The highest BCUT2D eigenvalue weighted by molar-refractivity contribution is 5.93. The van der Waals surface area contributed by atoms with Crippen LogP contribution in [-0.2, 0) is 0 Å². The first-order valence-electron chi connectivity index (χ1n) is 7.04. The monoisotopic (exact) mass is 283 g/mol. The molecule has 0 aliphatic heterocycles. The number of aromatic nitrogens is 2. The number of benzene rings is 2. The number of rotatable bonds is 4. The van der Waals surface area contributed by atoms with Crippen LogP contribution in [0.3, 0.4) is 0 Å². The molecule has 0 fully saturated rings. The maximum atomic E-state index is 10.4. The minimum atomic E-state index is 0.169. The molecular weight excluding hydrogens is 266 g/mol. The first kappa shape index (κ1) is 13.4. The van der Waals surface area contributed by atoms with Crippen LogP contribution in [0.5, 0.6) is 5.75 Å². The van der Waals surface area contributed by atoms with E-state index in [0.717, 1.165) is 23.9 Å². The van der Waals surface area contributed by atoms with E-state index in [1.807, 2.05) is 49.1 Å². The lowest BCUT2D eigenvalue weighted by molar-refractivity contribution is 0.424. The van der Waals surface area contributed by atoms with Gasteiger partial charge in [0.25, 0.3) is 11.8 Å². The predicted molar refractivity (Wildman–Crippen MR) is 82.5 cm³/mol. The van der Waals surface area contributed by atoms with Gasteiger partial charge in [0.2, 0.25) is 0 Å². The first-order chi connectivity index (χ1) is 10.2. The van der Waals surface area contributed by atoms with Gasteiger partial charge in [0.15, 0.2) is 0 Å². The van der Waals surface area contributed by atoms with Crippen LogP contribution in [0.1, 0.15) is 13.8 Å². The largest absolute Gasteiger partial charge is 0.506 e. The highest BCUT2D eigenvalue weighted by Gasteiger charge is 2.17. The molecule has 0 aliphatic rings. The van der Waals surface area contributed by atoms with Crippen molar-refractivity contribution in [2.45, 2.75) is 13.8 Å².